The number of amides is 1. The van der Waals surface area contributed by atoms with Crippen molar-refractivity contribution in [2.75, 3.05) is 5.32 Å². The van der Waals surface area contributed by atoms with E-state index in [0.29, 0.717) is 43.9 Å². The van der Waals surface area contributed by atoms with Crippen LogP contribution in [-0.4, -0.2) is 16.0 Å². The number of aromatic nitrogens is 1. The van der Waals surface area contributed by atoms with Crippen molar-refractivity contribution in [2.24, 2.45) is 0 Å². The number of carbonyl (C=O) groups excluding carboxylic acids is 1. The minimum Gasteiger partial charge on any atom is -0.451 e. The molecule has 6 nitrogen and oxygen atoms in total. The lowest BCUT2D eigenvalue weighted by atomic mass is 10.1. The van der Waals surface area contributed by atoms with Crippen molar-refractivity contribution < 1.29 is 13.6 Å². The molecule has 0 saturated heterocycles. The number of nitrogens with zero attached hydrogens (tertiary/aromatic N) is 1. The summed E-state index contributed by atoms with van der Waals surface area (Å²) in [5.41, 5.74) is 3.76. The maximum absolute atomic E-state index is 12.7. The first-order valence-corrected chi connectivity index (χ1v) is 11.0. The van der Waals surface area contributed by atoms with Crippen LogP contribution in [0.1, 0.15) is 16.1 Å². The largest absolute Gasteiger partial charge is 0.451 e. The first-order chi connectivity index (χ1) is 15.9. The zero-order valence-electron chi connectivity index (χ0n) is 17.1. The highest BCUT2D eigenvalue weighted by molar-refractivity contribution is 7.80. The van der Waals surface area contributed by atoms with Crippen LogP contribution in [0.15, 0.2) is 69.5 Å². The van der Waals surface area contributed by atoms with E-state index in [2.05, 4.69) is 15.6 Å². The summed E-state index contributed by atoms with van der Waals surface area (Å²) in [7, 11) is 0. The monoisotopic (exact) mass is 495 g/mol. The number of carbonyl (C=O) groups is 1. The Balaban J connectivity index is 1.34. The van der Waals surface area contributed by atoms with Gasteiger partial charge in [-0.15, -0.1) is 0 Å². The number of halogens is 2. The normalized spacial score (nSPS) is 11.1. The van der Waals surface area contributed by atoms with Crippen LogP contribution in [0.25, 0.3) is 33.5 Å². The van der Waals surface area contributed by atoms with E-state index in [9.17, 15) is 4.79 Å². The second-order valence-electron chi connectivity index (χ2n) is 7.30. The zero-order valence-corrected chi connectivity index (χ0v) is 19.4. The Labute approximate surface area is 203 Å². The van der Waals surface area contributed by atoms with Crippen LogP contribution >= 0.6 is 35.4 Å². The summed E-state index contributed by atoms with van der Waals surface area (Å²) in [6.07, 6.45) is 0. The number of rotatable bonds is 3. The molecule has 164 valence electrons. The van der Waals surface area contributed by atoms with E-state index in [1.165, 1.54) is 0 Å². The van der Waals surface area contributed by atoms with Crippen molar-refractivity contribution in [3.05, 3.63) is 82.0 Å². The van der Waals surface area contributed by atoms with E-state index < -0.39 is 5.91 Å². The van der Waals surface area contributed by atoms with Gasteiger partial charge in [0.05, 0.1) is 5.02 Å². The summed E-state index contributed by atoms with van der Waals surface area (Å²) in [6, 6.07) is 18.0. The van der Waals surface area contributed by atoms with Crippen LogP contribution in [-0.2, 0) is 0 Å². The minimum atomic E-state index is -0.428. The van der Waals surface area contributed by atoms with Gasteiger partial charge in [0.15, 0.2) is 16.5 Å². The van der Waals surface area contributed by atoms with Crippen molar-refractivity contribution in [3.8, 4) is 11.5 Å². The fraction of sp³-hybridized carbons (Fsp3) is 0.0417. The average Bonchev–Trinajstić information content (AvgIpc) is 3.36. The minimum absolute atomic E-state index is 0.129. The molecule has 0 fully saturated rings. The van der Waals surface area contributed by atoms with E-state index in [-0.39, 0.29) is 10.9 Å². The predicted octanol–water partition coefficient (Wildman–Crippen LogP) is 6.98. The number of fused-ring (bicyclic) bond motifs is 2. The second-order valence-corrected chi connectivity index (χ2v) is 8.55. The Morgan fingerprint density at radius 3 is 2.67 bits per heavy atom. The first kappa shape index (κ1) is 21.5. The van der Waals surface area contributed by atoms with Gasteiger partial charge >= 0.3 is 0 Å². The van der Waals surface area contributed by atoms with Crippen molar-refractivity contribution >= 4 is 74.2 Å². The zero-order chi connectivity index (χ0) is 23.1. The van der Waals surface area contributed by atoms with Crippen LogP contribution in [0.3, 0.4) is 0 Å². The van der Waals surface area contributed by atoms with E-state index in [0.717, 1.165) is 10.9 Å². The van der Waals surface area contributed by atoms with Gasteiger partial charge in [-0.25, -0.2) is 4.98 Å². The highest BCUT2D eigenvalue weighted by Crippen LogP contribution is 2.32. The third-order valence-corrected chi connectivity index (χ3v) is 5.76. The first-order valence-electron chi connectivity index (χ1n) is 9.85. The lowest BCUT2D eigenvalue weighted by Crippen LogP contribution is -2.34. The maximum Gasteiger partial charge on any atom is 0.293 e. The number of hydrogen-bond acceptors (Lipinski definition) is 5. The third kappa shape index (κ3) is 4.18. The Hall–Kier alpha value is -3.39. The predicted molar refractivity (Wildman–Crippen MR) is 134 cm³/mol. The molecule has 0 aliphatic heterocycles. The third-order valence-electron chi connectivity index (χ3n) is 5.05. The molecule has 0 radical (unpaired) electrons. The number of furan rings is 1. The molecule has 5 rings (SSSR count). The fourth-order valence-corrected chi connectivity index (χ4v) is 4.26. The molecule has 3 aromatic carbocycles. The Morgan fingerprint density at radius 1 is 1.03 bits per heavy atom. The van der Waals surface area contributed by atoms with Gasteiger partial charge in [0.2, 0.25) is 5.89 Å². The molecule has 0 spiro atoms. The van der Waals surface area contributed by atoms with Gasteiger partial charge in [-0.05, 0) is 55.5 Å². The van der Waals surface area contributed by atoms with Crippen molar-refractivity contribution in [3.63, 3.8) is 0 Å². The summed E-state index contributed by atoms with van der Waals surface area (Å²) < 4.78 is 11.5. The van der Waals surface area contributed by atoms with Crippen LogP contribution in [0.4, 0.5) is 5.69 Å². The van der Waals surface area contributed by atoms with Gasteiger partial charge in [0.1, 0.15) is 11.1 Å². The lowest BCUT2D eigenvalue weighted by Gasteiger charge is -2.09. The maximum atomic E-state index is 12.7. The van der Waals surface area contributed by atoms with E-state index in [4.69, 9.17) is 44.3 Å². The topological polar surface area (TPSA) is 80.3 Å². The van der Waals surface area contributed by atoms with E-state index in [1.54, 1.807) is 24.3 Å². The Bertz CT molecular complexity index is 1560. The fourth-order valence-electron chi connectivity index (χ4n) is 3.53. The van der Waals surface area contributed by atoms with Crippen LogP contribution < -0.4 is 10.6 Å². The van der Waals surface area contributed by atoms with E-state index >= 15 is 0 Å². The SMILES string of the molecule is Cc1c(C(=O)NC(=S)Nc2cccc(-c3nc4cc(Cl)cc(Cl)c4o3)c2)oc2ccccc12. The highest BCUT2D eigenvalue weighted by atomic mass is 35.5. The molecule has 0 aliphatic carbocycles. The molecule has 0 atom stereocenters. The van der Waals surface area contributed by atoms with Gasteiger partial charge in [-0.2, -0.15) is 0 Å². The second kappa shape index (κ2) is 8.51. The molecule has 5 aromatic rings. The number of anilines is 1. The van der Waals surface area contributed by atoms with Gasteiger partial charge < -0.3 is 14.2 Å². The number of para-hydroxylation sites is 1. The summed E-state index contributed by atoms with van der Waals surface area (Å²) in [6.45, 7) is 1.83. The Kier molecular flexibility index (Phi) is 5.54. The number of oxazole rings is 1. The van der Waals surface area contributed by atoms with E-state index in [1.807, 2.05) is 43.3 Å². The van der Waals surface area contributed by atoms with Crippen molar-refractivity contribution in [1.29, 1.82) is 0 Å². The van der Waals surface area contributed by atoms with Crippen LogP contribution in [0.5, 0.6) is 0 Å². The molecule has 2 heterocycles. The molecule has 0 aliphatic rings. The molecule has 0 saturated carbocycles. The van der Waals surface area contributed by atoms with Crippen molar-refractivity contribution in [1.82, 2.24) is 10.3 Å². The standard InChI is InChI=1S/C24H15Cl2N3O3S/c1-12-16-7-2-3-8-19(16)31-20(12)22(30)29-24(33)27-15-6-4-5-13(9-15)23-28-18-11-14(25)10-17(26)21(18)32-23/h2-11H,1H3,(H2,27,29,30,33). The summed E-state index contributed by atoms with van der Waals surface area (Å²) in [5.74, 6) is 0.171. The summed E-state index contributed by atoms with van der Waals surface area (Å²) in [5, 5.41) is 7.53. The lowest BCUT2D eigenvalue weighted by molar-refractivity contribution is 0.0952. The molecule has 1 amide bonds. The summed E-state index contributed by atoms with van der Waals surface area (Å²) in [4.78, 5) is 17.2. The van der Waals surface area contributed by atoms with Gasteiger partial charge in [0, 0.05) is 27.2 Å². The number of nitrogens with one attached hydrogen (secondary N) is 2. The molecular formula is C24H15Cl2N3O3S. The molecule has 0 unspecified atom stereocenters. The van der Waals surface area contributed by atoms with Gasteiger partial charge in [-0.3, -0.25) is 10.1 Å². The van der Waals surface area contributed by atoms with Crippen LogP contribution in [0.2, 0.25) is 10.0 Å². The molecular weight excluding hydrogens is 481 g/mol. The van der Waals surface area contributed by atoms with Crippen LogP contribution in [0, 0.1) is 6.92 Å². The molecule has 0 bridgehead atoms. The summed E-state index contributed by atoms with van der Waals surface area (Å²) >= 11 is 17.6. The Morgan fingerprint density at radius 2 is 1.85 bits per heavy atom. The number of hydrogen-bond donors (Lipinski definition) is 2. The highest BCUT2D eigenvalue weighted by Gasteiger charge is 2.18. The number of benzene rings is 3. The number of aryl methyl sites for hydroxylation is 1. The smallest absolute Gasteiger partial charge is 0.293 e. The van der Waals surface area contributed by atoms with Crippen molar-refractivity contribution in [2.45, 2.75) is 6.92 Å². The molecule has 2 N–H and O–H groups in total. The molecule has 9 heteroatoms. The quantitative estimate of drug-likeness (QED) is 0.262. The van der Waals surface area contributed by atoms with Gasteiger partial charge in [-0.1, -0.05) is 47.5 Å². The average molecular weight is 496 g/mol. The molecule has 2 aromatic heterocycles. The number of thiocarbonyl (C=S) groups is 1. The van der Waals surface area contributed by atoms with Gasteiger partial charge in [0.25, 0.3) is 5.91 Å². The molecule has 33 heavy (non-hydrogen) atoms.